The number of hydrogen-bond acceptors (Lipinski definition) is 8. The van der Waals surface area contributed by atoms with Crippen LogP contribution in [0.1, 0.15) is 20.1 Å². The number of hydrogen-bond donors (Lipinski definition) is 1. The van der Waals surface area contributed by atoms with Crippen molar-refractivity contribution in [2.75, 3.05) is 13.4 Å². The predicted molar refractivity (Wildman–Crippen MR) is 130 cm³/mol. The number of nitrogens with zero attached hydrogens (tertiary/aromatic N) is 5. The van der Waals surface area contributed by atoms with Crippen molar-refractivity contribution in [3.05, 3.63) is 63.8 Å². The van der Waals surface area contributed by atoms with E-state index in [1.165, 1.54) is 18.4 Å². The number of carbonyl (C=O) groups is 1. The van der Waals surface area contributed by atoms with Crippen LogP contribution in [0.4, 0.5) is 0 Å². The molecule has 0 aliphatic heterocycles. The first-order chi connectivity index (χ1) is 16.1. The Morgan fingerprint density at radius 3 is 2.58 bits per heavy atom. The van der Waals surface area contributed by atoms with Gasteiger partial charge in [-0.1, -0.05) is 60.3 Å². The molecule has 1 N–H and O–H groups in total. The molecule has 3 heterocycles. The average Bonchev–Trinajstić information content (AvgIpc) is 3.57. The number of thiophene rings is 1. The molecule has 0 fully saturated rings. The highest BCUT2D eigenvalue weighted by Gasteiger charge is 2.23. The second kappa shape index (κ2) is 8.80. The molecule has 0 aliphatic carbocycles. The van der Waals surface area contributed by atoms with E-state index in [0.717, 1.165) is 43.3 Å². The summed E-state index contributed by atoms with van der Waals surface area (Å²) < 4.78 is 7.12. The van der Waals surface area contributed by atoms with Crippen LogP contribution in [0.5, 0.6) is 0 Å². The largest absolute Gasteiger partial charge is 0.465 e. The van der Waals surface area contributed by atoms with Gasteiger partial charge in [-0.15, -0.1) is 16.4 Å². The van der Waals surface area contributed by atoms with Gasteiger partial charge in [-0.3, -0.25) is 0 Å². The van der Waals surface area contributed by atoms with Gasteiger partial charge in [-0.25, -0.2) is 14.9 Å². The van der Waals surface area contributed by atoms with E-state index in [1.54, 1.807) is 11.8 Å². The SMILES string of the molecule is COC(=O)c1sc(C)c2nc(SC)n(Cc3ccc(-c4ccccc4-c4nnn[nH]4)cc3)c12. The van der Waals surface area contributed by atoms with E-state index in [9.17, 15) is 4.79 Å². The lowest BCUT2D eigenvalue weighted by Crippen LogP contribution is -2.05. The van der Waals surface area contributed by atoms with Gasteiger partial charge in [0.15, 0.2) is 11.0 Å². The Labute approximate surface area is 198 Å². The number of ether oxygens (including phenoxy) is 1. The molecule has 0 aliphatic rings. The smallest absolute Gasteiger partial charge is 0.350 e. The zero-order chi connectivity index (χ0) is 22.9. The third-order valence-corrected chi connectivity index (χ3v) is 7.16. The first-order valence-electron chi connectivity index (χ1n) is 10.1. The summed E-state index contributed by atoms with van der Waals surface area (Å²) in [7, 11) is 1.41. The van der Waals surface area contributed by atoms with Gasteiger partial charge in [-0.2, -0.15) is 0 Å². The maximum atomic E-state index is 12.4. The number of esters is 1. The topological polar surface area (TPSA) is 98.6 Å². The van der Waals surface area contributed by atoms with Crippen molar-refractivity contribution < 1.29 is 9.53 Å². The van der Waals surface area contributed by atoms with E-state index in [4.69, 9.17) is 9.72 Å². The molecule has 0 atom stereocenters. The molecular formula is C23H20N6O2S2. The van der Waals surface area contributed by atoms with Gasteiger partial charge in [-0.05, 0) is 40.3 Å². The Morgan fingerprint density at radius 2 is 1.91 bits per heavy atom. The molecule has 5 aromatic rings. The molecular weight excluding hydrogens is 456 g/mol. The van der Waals surface area contributed by atoms with Crippen LogP contribution in [0.2, 0.25) is 0 Å². The van der Waals surface area contributed by atoms with Crippen LogP contribution in [-0.4, -0.2) is 49.5 Å². The van der Waals surface area contributed by atoms with Gasteiger partial charge in [0.05, 0.1) is 19.2 Å². The monoisotopic (exact) mass is 476 g/mol. The van der Waals surface area contributed by atoms with E-state index in [0.29, 0.717) is 17.2 Å². The fourth-order valence-electron chi connectivity index (χ4n) is 3.88. The van der Waals surface area contributed by atoms with Gasteiger partial charge >= 0.3 is 5.97 Å². The van der Waals surface area contributed by atoms with Gasteiger partial charge < -0.3 is 9.30 Å². The normalized spacial score (nSPS) is 11.2. The van der Waals surface area contributed by atoms with Crippen molar-refractivity contribution in [3.63, 3.8) is 0 Å². The van der Waals surface area contributed by atoms with Crippen LogP contribution in [0, 0.1) is 6.92 Å². The van der Waals surface area contributed by atoms with Crippen molar-refractivity contribution in [2.45, 2.75) is 18.6 Å². The Hall–Kier alpha value is -3.50. The third-order valence-electron chi connectivity index (χ3n) is 5.42. The van der Waals surface area contributed by atoms with Crippen LogP contribution in [0.15, 0.2) is 53.7 Å². The van der Waals surface area contributed by atoms with Gasteiger partial charge in [0.25, 0.3) is 0 Å². The summed E-state index contributed by atoms with van der Waals surface area (Å²) >= 11 is 2.99. The van der Waals surface area contributed by atoms with E-state index in [1.807, 2.05) is 31.4 Å². The highest BCUT2D eigenvalue weighted by molar-refractivity contribution is 7.98. The summed E-state index contributed by atoms with van der Waals surface area (Å²) in [5.41, 5.74) is 5.84. The number of nitrogens with one attached hydrogen (secondary N) is 1. The second-order valence-corrected chi connectivity index (χ2v) is 9.35. The summed E-state index contributed by atoms with van der Waals surface area (Å²) in [6.45, 7) is 2.58. The number of carbonyl (C=O) groups excluding carboxylic acids is 1. The molecule has 166 valence electrons. The lowest BCUT2D eigenvalue weighted by molar-refractivity contribution is 0.0608. The van der Waals surface area contributed by atoms with E-state index in [-0.39, 0.29) is 5.97 Å². The summed E-state index contributed by atoms with van der Waals surface area (Å²) in [6.07, 6.45) is 1.99. The molecule has 2 aromatic carbocycles. The van der Waals surface area contributed by atoms with Crippen LogP contribution in [0.3, 0.4) is 0 Å². The number of imidazole rings is 1. The third kappa shape index (κ3) is 3.81. The highest BCUT2D eigenvalue weighted by atomic mass is 32.2. The molecule has 0 bridgehead atoms. The number of H-pyrrole nitrogens is 1. The predicted octanol–water partition coefficient (Wildman–Crippen LogP) is 4.81. The summed E-state index contributed by atoms with van der Waals surface area (Å²) in [5.74, 6) is 0.295. The van der Waals surface area contributed by atoms with Gasteiger partial charge in [0.2, 0.25) is 0 Å². The summed E-state index contributed by atoms with van der Waals surface area (Å²) in [4.78, 5) is 18.8. The summed E-state index contributed by atoms with van der Waals surface area (Å²) in [5, 5.41) is 15.1. The second-order valence-electron chi connectivity index (χ2n) is 7.35. The lowest BCUT2D eigenvalue weighted by Gasteiger charge is -2.11. The van der Waals surface area contributed by atoms with Crippen molar-refractivity contribution in [1.29, 1.82) is 0 Å². The van der Waals surface area contributed by atoms with E-state index in [2.05, 4.69) is 55.5 Å². The first-order valence-corrected chi connectivity index (χ1v) is 12.2. The Bertz CT molecular complexity index is 1440. The molecule has 0 unspecified atom stereocenters. The molecule has 10 heteroatoms. The number of benzene rings is 2. The van der Waals surface area contributed by atoms with Crippen molar-refractivity contribution in [2.24, 2.45) is 0 Å². The maximum Gasteiger partial charge on any atom is 0.350 e. The molecule has 8 nitrogen and oxygen atoms in total. The van der Waals surface area contributed by atoms with Crippen LogP contribution in [0.25, 0.3) is 33.5 Å². The standard InChI is InChI=1S/C23H20N6O2S2/c1-13-18-19(20(33-13)22(30)31-2)29(23(24-18)32-3)12-14-8-10-15(11-9-14)16-6-4-5-7-17(16)21-25-27-28-26-21/h4-11H,12H2,1-3H3,(H,25,26,27,28). The number of methoxy groups -OCH3 is 1. The minimum absolute atomic E-state index is 0.333. The number of aryl methyl sites for hydroxylation is 1. The zero-order valence-corrected chi connectivity index (χ0v) is 19.8. The molecule has 0 radical (unpaired) electrons. The average molecular weight is 477 g/mol. The summed E-state index contributed by atoms with van der Waals surface area (Å²) in [6, 6.07) is 16.4. The number of aromatic amines is 1. The van der Waals surface area contributed by atoms with E-state index >= 15 is 0 Å². The number of rotatable bonds is 6. The van der Waals surface area contributed by atoms with Crippen molar-refractivity contribution in [1.82, 2.24) is 30.2 Å². The molecule has 0 spiro atoms. The molecule has 0 saturated heterocycles. The number of tetrazole rings is 1. The van der Waals surface area contributed by atoms with E-state index < -0.39 is 0 Å². The fraction of sp³-hybridized carbons (Fsp3) is 0.174. The zero-order valence-electron chi connectivity index (χ0n) is 18.2. The van der Waals surface area contributed by atoms with Crippen LogP contribution in [-0.2, 0) is 11.3 Å². The maximum absolute atomic E-state index is 12.4. The Morgan fingerprint density at radius 1 is 1.15 bits per heavy atom. The first kappa shape index (κ1) is 21.4. The fourth-order valence-corrected chi connectivity index (χ4v) is 5.45. The van der Waals surface area contributed by atoms with Crippen molar-refractivity contribution in [3.8, 4) is 22.5 Å². The molecule has 0 amide bonds. The number of fused-ring (bicyclic) bond motifs is 1. The molecule has 3 aromatic heterocycles. The molecule has 0 saturated carbocycles. The molecule has 5 rings (SSSR count). The minimum Gasteiger partial charge on any atom is -0.465 e. The minimum atomic E-state index is -0.333. The Kier molecular flexibility index (Phi) is 5.69. The molecule has 33 heavy (non-hydrogen) atoms. The number of thioether (sulfide) groups is 1. The van der Waals surface area contributed by atoms with Crippen LogP contribution >= 0.6 is 23.1 Å². The number of aromatic nitrogens is 6. The van der Waals surface area contributed by atoms with Gasteiger partial charge in [0, 0.05) is 10.4 Å². The van der Waals surface area contributed by atoms with Gasteiger partial charge in [0.1, 0.15) is 10.4 Å². The quantitative estimate of drug-likeness (QED) is 0.277. The van der Waals surface area contributed by atoms with Crippen molar-refractivity contribution >= 4 is 40.1 Å². The Balaban J connectivity index is 1.52. The highest BCUT2D eigenvalue weighted by Crippen LogP contribution is 2.35. The van der Waals surface area contributed by atoms with Crippen LogP contribution < -0.4 is 0 Å². The lowest BCUT2D eigenvalue weighted by atomic mass is 9.98.